The summed E-state index contributed by atoms with van der Waals surface area (Å²) < 4.78 is 34.0. The Morgan fingerprint density at radius 1 is 1.33 bits per heavy atom. The molecule has 3 aromatic heterocycles. The predicted octanol–water partition coefficient (Wildman–Crippen LogP) is 3.39. The zero-order chi connectivity index (χ0) is 19.3. The van der Waals surface area contributed by atoms with Gasteiger partial charge >= 0.3 is 0 Å². The van der Waals surface area contributed by atoms with Crippen LogP contribution < -0.4 is 10.1 Å². The summed E-state index contributed by atoms with van der Waals surface area (Å²) in [7, 11) is 3.31. The minimum Gasteiger partial charge on any atom is -0.481 e. The molecule has 0 aromatic carbocycles. The van der Waals surface area contributed by atoms with E-state index in [0.717, 1.165) is 28.4 Å². The lowest BCUT2D eigenvalue weighted by atomic mass is 10.1. The average Bonchev–Trinajstić information content (AvgIpc) is 3.33. The van der Waals surface area contributed by atoms with Crippen LogP contribution in [-0.2, 0) is 11.8 Å². The molecule has 1 fully saturated rings. The lowest BCUT2D eigenvalue weighted by Crippen LogP contribution is -2.15. The zero-order valence-electron chi connectivity index (χ0n) is 15.1. The maximum absolute atomic E-state index is 13.8. The van der Waals surface area contributed by atoms with Crippen molar-refractivity contribution >= 4 is 22.6 Å². The quantitative estimate of drug-likeness (QED) is 0.762. The molecule has 1 saturated carbocycles. The Hall–Kier alpha value is -3.03. The number of hydrogen-bond donors (Lipinski definition) is 1. The van der Waals surface area contributed by atoms with Crippen LogP contribution in [0.5, 0.6) is 5.88 Å². The summed E-state index contributed by atoms with van der Waals surface area (Å²) in [5.74, 6) is -0.753. The molecule has 1 aliphatic carbocycles. The van der Waals surface area contributed by atoms with Crippen molar-refractivity contribution in [2.45, 2.75) is 19.5 Å². The van der Waals surface area contributed by atoms with Crippen molar-refractivity contribution in [3.63, 3.8) is 0 Å². The fourth-order valence-corrected chi connectivity index (χ4v) is 3.38. The molecule has 0 spiro atoms. The SMILES string of the molecule is COc1ncc(F)cc1-c1c(C)c2cnc(NC(=O)C3CC3F)cc2n1C. The first-order chi connectivity index (χ1) is 12.9. The third kappa shape index (κ3) is 2.90. The first-order valence-electron chi connectivity index (χ1n) is 8.50. The van der Waals surface area contributed by atoms with Gasteiger partial charge in [0.1, 0.15) is 17.8 Å². The Kier molecular flexibility index (Phi) is 4.05. The molecule has 27 heavy (non-hydrogen) atoms. The molecule has 0 aliphatic heterocycles. The molecule has 140 valence electrons. The number of ether oxygens (including phenoxy) is 1. The number of carbonyl (C=O) groups excluding carboxylic acids is 1. The number of amides is 1. The van der Waals surface area contributed by atoms with Gasteiger partial charge in [-0.05, 0) is 25.0 Å². The molecule has 8 heteroatoms. The second kappa shape index (κ2) is 6.29. The lowest BCUT2D eigenvalue weighted by molar-refractivity contribution is -0.117. The zero-order valence-corrected chi connectivity index (χ0v) is 15.1. The van der Waals surface area contributed by atoms with Crippen molar-refractivity contribution in [3.05, 3.63) is 35.9 Å². The van der Waals surface area contributed by atoms with E-state index in [0.29, 0.717) is 17.3 Å². The van der Waals surface area contributed by atoms with Gasteiger partial charge in [0.05, 0.1) is 36.0 Å². The first kappa shape index (κ1) is 17.4. The van der Waals surface area contributed by atoms with Crippen molar-refractivity contribution in [1.29, 1.82) is 0 Å². The number of aromatic nitrogens is 3. The van der Waals surface area contributed by atoms with Crippen LogP contribution in [0.1, 0.15) is 12.0 Å². The van der Waals surface area contributed by atoms with Crippen LogP contribution in [0.4, 0.5) is 14.6 Å². The number of rotatable bonds is 4. The average molecular weight is 372 g/mol. The highest BCUT2D eigenvalue weighted by molar-refractivity contribution is 5.97. The van der Waals surface area contributed by atoms with Crippen LogP contribution in [0.3, 0.4) is 0 Å². The second-order valence-electron chi connectivity index (χ2n) is 6.68. The molecule has 2 atom stereocenters. The number of methoxy groups -OCH3 is 1. The third-order valence-corrected chi connectivity index (χ3v) is 4.90. The van der Waals surface area contributed by atoms with E-state index in [1.165, 1.54) is 13.2 Å². The van der Waals surface area contributed by atoms with Gasteiger partial charge in [0.2, 0.25) is 11.8 Å². The van der Waals surface area contributed by atoms with Crippen molar-refractivity contribution < 1.29 is 18.3 Å². The van der Waals surface area contributed by atoms with Crippen molar-refractivity contribution in [1.82, 2.24) is 14.5 Å². The van der Waals surface area contributed by atoms with Gasteiger partial charge in [-0.15, -0.1) is 0 Å². The highest BCUT2D eigenvalue weighted by Gasteiger charge is 2.43. The first-order valence-corrected chi connectivity index (χ1v) is 8.50. The van der Waals surface area contributed by atoms with E-state index >= 15 is 0 Å². The fraction of sp³-hybridized carbons (Fsp3) is 0.316. The monoisotopic (exact) mass is 372 g/mol. The summed E-state index contributed by atoms with van der Waals surface area (Å²) in [6, 6.07) is 3.09. The van der Waals surface area contributed by atoms with Crippen LogP contribution in [0.25, 0.3) is 22.2 Å². The Bertz CT molecular complexity index is 1060. The minimum atomic E-state index is -1.06. The van der Waals surface area contributed by atoms with E-state index < -0.39 is 17.9 Å². The number of aryl methyl sites for hydroxylation is 2. The van der Waals surface area contributed by atoms with E-state index in [1.807, 2.05) is 18.5 Å². The number of hydrogen-bond acceptors (Lipinski definition) is 4. The summed E-state index contributed by atoms with van der Waals surface area (Å²) in [6.07, 6.45) is 1.94. The maximum Gasteiger partial charge on any atom is 0.231 e. The van der Waals surface area contributed by atoms with E-state index in [4.69, 9.17) is 4.74 Å². The molecule has 1 amide bonds. The highest BCUT2D eigenvalue weighted by Crippen LogP contribution is 2.38. The topological polar surface area (TPSA) is 69.0 Å². The van der Waals surface area contributed by atoms with Gasteiger partial charge in [0.15, 0.2) is 0 Å². The summed E-state index contributed by atoms with van der Waals surface area (Å²) >= 11 is 0. The van der Waals surface area contributed by atoms with Gasteiger partial charge < -0.3 is 14.6 Å². The number of pyridine rings is 2. The smallest absolute Gasteiger partial charge is 0.231 e. The van der Waals surface area contributed by atoms with Crippen LogP contribution >= 0.6 is 0 Å². The van der Waals surface area contributed by atoms with Gasteiger partial charge in [0.25, 0.3) is 0 Å². The van der Waals surface area contributed by atoms with E-state index in [1.54, 1.807) is 12.3 Å². The largest absolute Gasteiger partial charge is 0.481 e. The van der Waals surface area contributed by atoms with Gasteiger partial charge in [-0.2, -0.15) is 0 Å². The number of alkyl halides is 1. The molecule has 3 heterocycles. The molecular weight excluding hydrogens is 354 g/mol. The van der Waals surface area contributed by atoms with Gasteiger partial charge in [-0.1, -0.05) is 0 Å². The summed E-state index contributed by atoms with van der Waals surface area (Å²) in [6.45, 7) is 1.90. The Morgan fingerprint density at radius 3 is 2.74 bits per heavy atom. The number of fused-ring (bicyclic) bond motifs is 1. The fourth-order valence-electron chi connectivity index (χ4n) is 3.38. The minimum absolute atomic E-state index is 0.258. The summed E-state index contributed by atoms with van der Waals surface area (Å²) in [4.78, 5) is 20.2. The Balaban J connectivity index is 1.79. The molecular formula is C19H18F2N4O2. The number of nitrogens with one attached hydrogen (secondary N) is 1. The molecule has 0 bridgehead atoms. The molecule has 2 unspecified atom stereocenters. The number of anilines is 1. The Morgan fingerprint density at radius 2 is 2.07 bits per heavy atom. The van der Waals surface area contributed by atoms with E-state index in [-0.39, 0.29) is 12.3 Å². The van der Waals surface area contributed by atoms with Gasteiger partial charge in [0, 0.05) is 24.7 Å². The molecule has 0 saturated heterocycles. The van der Waals surface area contributed by atoms with Crippen molar-refractivity contribution in [3.8, 4) is 17.1 Å². The lowest BCUT2D eigenvalue weighted by Gasteiger charge is -2.10. The van der Waals surface area contributed by atoms with Crippen LogP contribution in [0, 0.1) is 18.7 Å². The second-order valence-corrected chi connectivity index (χ2v) is 6.68. The number of carbonyl (C=O) groups is 1. The molecule has 1 N–H and O–H groups in total. The Labute approximate surface area is 154 Å². The molecule has 0 radical (unpaired) electrons. The molecule has 3 aromatic rings. The van der Waals surface area contributed by atoms with Gasteiger partial charge in [-0.25, -0.2) is 18.7 Å². The van der Waals surface area contributed by atoms with Crippen LogP contribution in [-0.4, -0.2) is 33.7 Å². The van der Waals surface area contributed by atoms with Crippen molar-refractivity contribution in [2.24, 2.45) is 13.0 Å². The summed E-state index contributed by atoms with van der Waals surface area (Å²) in [5.41, 5.74) is 2.95. The van der Waals surface area contributed by atoms with Crippen molar-refractivity contribution in [2.75, 3.05) is 12.4 Å². The van der Waals surface area contributed by atoms with E-state index in [9.17, 15) is 13.6 Å². The molecule has 6 nitrogen and oxygen atoms in total. The van der Waals surface area contributed by atoms with Gasteiger partial charge in [-0.3, -0.25) is 4.79 Å². The van der Waals surface area contributed by atoms with Crippen LogP contribution in [0.15, 0.2) is 24.5 Å². The molecule has 4 rings (SSSR count). The number of nitrogens with zero attached hydrogens (tertiary/aromatic N) is 3. The highest BCUT2D eigenvalue weighted by atomic mass is 19.1. The van der Waals surface area contributed by atoms with Crippen LogP contribution in [0.2, 0.25) is 0 Å². The van der Waals surface area contributed by atoms with E-state index in [2.05, 4.69) is 15.3 Å². The third-order valence-electron chi connectivity index (χ3n) is 4.90. The number of halogens is 2. The standard InChI is InChI=1S/C19H18F2N4O2/c1-9-13-8-22-16(24-18(26)11-5-14(11)21)6-15(13)25(2)17(9)12-4-10(20)7-23-19(12)27-3/h4,6-8,11,14H,5H2,1-3H3,(H,22,24,26). The maximum atomic E-state index is 13.8. The molecule has 1 aliphatic rings. The normalized spacial score (nSPS) is 18.6. The predicted molar refractivity (Wildman–Crippen MR) is 96.8 cm³/mol. The summed E-state index contributed by atoms with van der Waals surface area (Å²) in [5, 5.41) is 3.51.